The van der Waals surface area contributed by atoms with Gasteiger partial charge in [0.1, 0.15) is 0 Å². The van der Waals surface area contributed by atoms with Gasteiger partial charge in [0.25, 0.3) is 5.91 Å². The Balaban J connectivity index is 1.93. The van der Waals surface area contributed by atoms with Crippen LogP contribution >= 0.6 is 0 Å². The van der Waals surface area contributed by atoms with Crippen molar-refractivity contribution in [1.82, 2.24) is 9.80 Å². The van der Waals surface area contributed by atoms with Crippen molar-refractivity contribution >= 4 is 5.91 Å². The fourth-order valence-electron chi connectivity index (χ4n) is 2.56. The zero-order valence-electron chi connectivity index (χ0n) is 12.1. The molecule has 1 aromatic carbocycles. The van der Waals surface area contributed by atoms with E-state index in [0.29, 0.717) is 0 Å². The van der Waals surface area contributed by atoms with Gasteiger partial charge in [-0.2, -0.15) is 0 Å². The third-order valence-corrected chi connectivity index (χ3v) is 3.81. The van der Waals surface area contributed by atoms with E-state index in [2.05, 4.69) is 30.9 Å². The summed E-state index contributed by atoms with van der Waals surface area (Å²) in [7, 11) is 0. The van der Waals surface area contributed by atoms with E-state index < -0.39 is 0 Å². The van der Waals surface area contributed by atoms with Crippen molar-refractivity contribution in [2.75, 3.05) is 32.7 Å². The molecular formula is C16H24N2O. The van der Waals surface area contributed by atoms with E-state index in [9.17, 15) is 4.79 Å². The van der Waals surface area contributed by atoms with Crippen molar-refractivity contribution in [3.63, 3.8) is 0 Å². The molecule has 1 fully saturated rings. The van der Waals surface area contributed by atoms with Crippen LogP contribution in [0.2, 0.25) is 0 Å². The van der Waals surface area contributed by atoms with E-state index >= 15 is 0 Å². The van der Waals surface area contributed by atoms with Gasteiger partial charge in [0.05, 0.1) is 0 Å². The Hall–Kier alpha value is -1.35. The first-order valence-electron chi connectivity index (χ1n) is 7.35. The van der Waals surface area contributed by atoms with Crippen molar-refractivity contribution in [3.8, 4) is 0 Å². The summed E-state index contributed by atoms with van der Waals surface area (Å²) in [5.74, 6) is 0.179. The minimum Gasteiger partial charge on any atom is -0.336 e. The Morgan fingerprint density at radius 1 is 1.05 bits per heavy atom. The Bertz CT molecular complexity index is 405. The lowest BCUT2D eigenvalue weighted by atomic mass is 10.1. The Morgan fingerprint density at radius 2 is 1.68 bits per heavy atom. The molecule has 19 heavy (non-hydrogen) atoms. The number of hydrogen-bond donors (Lipinski definition) is 0. The molecule has 0 unspecified atom stereocenters. The van der Waals surface area contributed by atoms with Gasteiger partial charge in [0.15, 0.2) is 0 Å². The van der Waals surface area contributed by atoms with E-state index in [0.717, 1.165) is 44.7 Å². The monoisotopic (exact) mass is 260 g/mol. The summed E-state index contributed by atoms with van der Waals surface area (Å²) in [5, 5.41) is 0. The van der Waals surface area contributed by atoms with Crippen LogP contribution in [0, 0.1) is 0 Å². The summed E-state index contributed by atoms with van der Waals surface area (Å²) in [5.41, 5.74) is 2.10. The molecule has 104 valence electrons. The van der Waals surface area contributed by atoms with E-state index in [1.54, 1.807) is 0 Å². The van der Waals surface area contributed by atoms with Crippen LogP contribution in [-0.4, -0.2) is 48.4 Å². The number of rotatable bonds is 4. The normalized spacial score (nSPS) is 16.6. The van der Waals surface area contributed by atoms with Gasteiger partial charge >= 0.3 is 0 Å². The first kappa shape index (κ1) is 14.1. The van der Waals surface area contributed by atoms with Crippen LogP contribution < -0.4 is 0 Å². The van der Waals surface area contributed by atoms with Crippen LogP contribution in [0.4, 0.5) is 0 Å². The molecule has 0 atom stereocenters. The highest BCUT2D eigenvalue weighted by atomic mass is 16.2. The summed E-state index contributed by atoms with van der Waals surface area (Å²) < 4.78 is 0. The second-order valence-corrected chi connectivity index (χ2v) is 5.18. The maximum absolute atomic E-state index is 12.4. The molecule has 1 aliphatic heterocycles. The summed E-state index contributed by atoms with van der Waals surface area (Å²) in [6.07, 6.45) is 2.20. The van der Waals surface area contributed by atoms with E-state index in [4.69, 9.17) is 0 Å². The lowest BCUT2D eigenvalue weighted by Gasteiger charge is -2.34. The molecule has 0 aliphatic carbocycles. The summed E-state index contributed by atoms with van der Waals surface area (Å²) >= 11 is 0. The fourth-order valence-corrected chi connectivity index (χ4v) is 2.56. The number of hydrogen-bond acceptors (Lipinski definition) is 2. The van der Waals surface area contributed by atoms with Crippen molar-refractivity contribution in [3.05, 3.63) is 35.4 Å². The molecule has 1 aliphatic rings. The van der Waals surface area contributed by atoms with Crippen molar-refractivity contribution in [1.29, 1.82) is 0 Å². The molecule has 2 rings (SSSR count). The Kier molecular flexibility index (Phi) is 4.97. The smallest absolute Gasteiger partial charge is 0.253 e. The van der Waals surface area contributed by atoms with Gasteiger partial charge in [-0.05, 0) is 37.1 Å². The van der Waals surface area contributed by atoms with Crippen LogP contribution in [0.5, 0.6) is 0 Å². The maximum Gasteiger partial charge on any atom is 0.253 e. The largest absolute Gasteiger partial charge is 0.336 e. The third-order valence-electron chi connectivity index (χ3n) is 3.81. The predicted octanol–water partition coefficient (Wildman–Crippen LogP) is 2.42. The van der Waals surface area contributed by atoms with Crippen molar-refractivity contribution < 1.29 is 4.79 Å². The lowest BCUT2D eigenvalue weighted by Crippen LogP contribution is -2.48. The van der Waals surface area contributed by atoms with Gasteiger partial charge in [-0.25, -0.2) is 0 Å². The summed E-state index contributed by atoms with van der Waals surface area (Å²) in [6, 6.07) is 8.03. The second-order valence-electron chi connectivity index (χ2n) is 5.18. The molecular weight excluding hydrogens is 236 g/mol. The second kappa shape index (κ2) is 6.71. The number of aryl methyl sites for hydroxylation is 1. The zero-order chi connectivity index (χ0) is 13.7. The third kappa shape index (κ3) is 3.57. The van der Waals surface area contributed by atoms with Crippen LogP contribution in [0.3, 0.4) is 0 Å². The van der Waals surface area contributed by atoms with E-state index in [1.807, 2.05) is 17.0 Å². The molecule has 3 heteroatoms. The molecule has 1 saturated heterocycles. The molecule has 1 aromatic rings. The highest BCUT2D eigenvalue weighted by molar-refractivity contribution is 5.94. The fraction of sp³-hybridized carbons (Fsp3) is 0.562. The van der Waals surface area contributed by atoms with Gasteiger partial charge in [-0.15, -0.1) is 0 Å². The number of amides is 1. The minimum atomic E-state index is 0.179. The van der Waals surface area contributed by atoms with E-state index in [1.165, 1.54) is 12.0 Å². The standard InChI is InChI=1S/C16H24N2O/c1-3-9-17-10-12-18(13-11-17)16(19)15-7-5-14(4-2)6-8-15/h5-8H,3-4,9-13H2,1-2H3. The molecule has 0 spiro atoms. The number of piperazine rings is 1. The Morgan fingerprint density at radius 3 is 2.21 bits per heavy atom. The molecule has 3 nitrogen and oxygen atoms in total. The highest BCUT2D eigenvalue weighted by Crippen LogP contribution is 2.11. The molecule has 0 saturated carbocycles. The lowest BCUT2D eigenvalue weighted by molar-refractivity contribution is 0.0637. The predicted molar refractivity (Wildman–Crippen MR) is 78.5 cm³/mol. The molecule has 0 N–H and O–H groups in total. The highest BCUT2D eigenvalue weighted by Gasteiger charge is 2.21. The van der Waals surface area contributed by atoms with Gasteiger partial charge in [-0.3, -0.25) is 9.69 Å². The number of carbonyl (C=O) groups is 1. The number of nitrogens with zero attached hydrogens (tertiary/aromatic N) is 2. The quantitative estimate of drug-likeness (QED) is 0.830. The average Bonchev–Trinajstić information content (AvgIpc) is 2.48. The number of benzene rings is 1. The molecule has 1 amide bonds. The number of carbonyl (C=O) groups excluding carboxylic acids is 1. The van der Waals surface area contributed by atoms with Gasteiger partial charge in [0.2, 0.25) is 0 Å². The minimum absolute atomic E-state index is 0.179. The van der Waals surface area contributed by atoms with Gasteiger partial charge in [-0.1, -0.05) is 26.0 Å². The van der Waals surface area contributed by atoms with Crippen LogP contribution in [0.1, 0.15) is 36.2 Å². The Labute approximate surface area is 116 Å². The molecule has 0 bridgehead atoms. The van der Waals surface area contributed by atoms with Crippen molar-refractivity contribution in [2.45, 2.75) is 26.7 Å². The van der Waals surface area contributed by atoms with Crippen molar-refractivity contribution in [2.24, 2.45) is 0 Å². The SMILES string of the molecule is CCCN1CCN(C(=O)c2ccc(CC)cc2)CC1. The summed E-state index contributed by atoms with van der Waals surface area (Å²) in [4.78, 5) is 16.8. The molecule has 0 radical (unpaired) electrons. The van der Waals surface area contributed by atoms with E-state index in [-0.39, 0.29) is 5.91 Å². The average molecular weight is 260 g/mol. The van der Waals surface area contributed by atoms with Crippen LogP contribution in [0.15, 0.2) is 24.3 Å². The molecule has 1 heterocycles. The maximum atomic E-state index is 12.4. The van der Waals surface area contributed by atoms with Crippen LogP contribution in [0.25, 0.3) is 0 Å². The topological polar surface area (TPSA) is 23.6 Å². The first-order valence-corrected chi connectivity index (χ1v) is 7.35. The first-order chi connectivity index (χ1) is 9.24. The van der Waals surface area contributed by atoms with Crippen LogP contribution in [-0.2, 0) is 6.42 Å². The van der Waals surface area contributed by atoms with Gasteiger partial charge in [0, 0.05) is 31.7 Å². The zero-order valence-corrected chi connectivity index (χ0v) is 12.1. The molecule has 0 aromatic heterocycles. The summed E-state index contributed by atoms with van der Waals surface area (Å²) in [6.45, 7) is 9.20. The van der Waals surface area contributed by atoms with Gasteiger partial charge < -0.3 is 4.90 Å².